The summed E-state index contributed by atoms with van der Waals surface area (Å²) in [5.74, 6) is 4.17. The molecule has 1 aromatic rings. The van der Waals surface area contributed by atoms with Crippen LogP contribution in [0, 0.1) is 11.8 Å². The van der Waals surface area contributed by atoms with Gasteiger partial charge in [0.1, 0.15) is 5.75 Å². The Morgan fingerprint density at radius 3 is 2.86 bits per heavy atom. The van der Waals surface area contributed by atoms with E-state index in [9.17, 15) is 4.79 Å². The molecule has 0 saturated carbocycles. The fraction of sp³-hybridized carbons (Fsp3) is 0.100. The Morgan fingerprint density at radius 2 is 2.29 bits per heavy atom. The monoisotopic (exact) mass is 191 g/mol. The van der Waals surface area contributed by atoms with Crippen LogP contribution in [0.2, 0.25) is 0 Å². The molecule has 0 aliphatic rings. The van der Waals surface area contributed by atoms with Gasteiger partial charge in [0, 0.05) is 11.5 Å². The van der Waals surface area contributed by atoms with Crippen molar-refractivity contribution >= 4 is 11.7 Å². The van der Waals surface area contributed by atoms with Gasteiger partial charge in [-0.3, -0.25) is 0 Å². The highest BCUT2D eigenvalue weighted by Gasteiger charge is 1.96. The van der Waals surface area contributed by atoms with Crippen LogP contribution in [0.15, 0.2) is 18.2 Å². The molecule has 0 radical (unpaired) electrons. The summed E-state index contributed by atoms with van der Waals surface area (Å²) in [5.41, 5.74) is 6.20. The third-order valence-electron chi connectivity index (χ3n) is 1.52. The van der Waals surface area contributed by atoms with E-state index in [1.807, 2.05) is 0 Å². The van der Waals surface area contributed by atoms with Gasteiger partial charge in [-0.1, -0.05) is 5.92 Å². The predicted molar refractivity (Wildman–Crippen MR) is 51.4 cm³/mol. The number of nitrogens with two attached hydrogens (primary N) is 1. The zero-order chi connectivity index (χ0) is 10.6. The molecule has 4 nitrogen and oxygen atoms in total. The van der Waals surface area contributed by atoms with Crippen LogP contribution < -0.4 is 5.73 Å². The van der Waals surface area contributed by atoms with Crippen LogP contribution in [0.1, 0.15) is 5.56 Å². The molecule has 0 atom stereocenters. The summed E-state index contributed by atoms with van der Waals surface area (Å²) in [6.07, 6.45) is 0. The minimum atomic E-state index is -0.614. The largest absolute Gasteiger partial charge is 0.506 e. The van der Waals surface area contributed by atoms with E-state index in [0.29, 0.717) is 5.56 Å². The molecule has 0 aliphatic carbocycles. The maximum Gasteiger partial charge on any atom is 0.384 e. The van der Waals surface area contributed by atoms with Crippen LogP contribution >= 0.6 is 0 Å². The molecule has 1 rings (SSSR count). The molecule has 0 fully saturated rings. The number of hydrogen-bond donors (Lipinski definition) is 2. The van der Waals surface area contributed by atoms with Gasteiger partial charge in [-0.25, -0.2) is 4.79 Å². The third-order valence-corrected chi connectivity index (χ3v) is 1.52. The molecule has 0 aliphatic heterocycles. The molecule has 0 unspecified atom stereocenters. The topological polar surface area (TPSA) is 72.5 Å². The first-order chi connectivity index (χ1) is 6.63. The molecule has 4 heteroatoms. The first kappa shape index (κ1) is 9.93. The van der Waals surface area contributed by atoms with Crippen molar-refractivity contribution in [3.05, 3.63) is 23.8 Å². The lowest BCUT2D eigenvalue weighted by Crippen LogP contribution is -1.94. The highest BCUT2D eigenvalue weighted by Crippen LogP contribution is 2.19. The van der Waals surface area contributed by atoms with E-state index in [0.717, 1.165) is 0 Å². The lowest BCUT2D eigenvalue weighted by molar-refractivity contribution is -0.133. The summed E-state index contributed by atoms with van der Waals surface area (Å²) >= 11 is 0. The van der Waals surface area contributed by atoms with Crippen molar-refractivity contribution in [1.82, 2.24) is 0 Å². The van der Waals surface area contributed by atoms with Crippen LogP contribution in [0.3, 0.4) is 0 Å². The van der Waals surface area contributed by atoms with Gasteiger partial charge >= 0.3 is 5.97 Å². The molecule has 72 valence electrons. The Morgan fingerprint density at radius 1 is 1.57 bits per heavy atom. The zero-order valence-electron chi connectivity index (χ0n) is 7.57. The van der Waals surface area contributed by atoms with Crippen LogP contribution in [-0.4, -0.2) is 18.2 Å². The molecular weight excluding hydrogens is 182 g/mol. The van der Waals surface area contributed by atoms with Crippen molar-refractivity contribution in [2.24, 2.45) is 0 Å². The average Bonchev–Trinajstić information content (AvgIpc) is 2.19. The number of carbonyl (C=O) groups excluding carboxylic acids is 1. The van der Waals surface area contributed by atoms with Gasteiger partial charge in [0.05, 0.1) is 12.8 Å². The molecule has 0 saturated heterocycles. The van der Waals surface area contributed by atoms with Crippen LogP contribution in [-0.2, 0) is 9.53 Å². The Labute approximate surface area is 81.3 Å². The van der Waals surface area contributed by atoms with E-state index in [1.54, 1.807) is 6.07 Å². The molecule has 14 heavy (non-hydrogen) atoms. The number of hydrogen-bond acceptors (Lipinski definition) is 4. The number of nitrogen functional groups attached to an aromatic ring is 1. The van der Waals surface area contributed by atoms with E-state index in [1.165, 1.54) is 19.2 Å². The first-order valence-electron chi connectivity index (χ1n) is 3.82. The SMILES string of the molecule is COC(=O)C#Cc1ccc(O)c(N)c1. The minimum Gasteiger partial charge on any atom is -0.506 e. The average molecular weight is 191 g/mol. The molecule has 1 aromatic carbocycles. The van der Waals surface area contributed by atoms with Crippen molar-refractivity contribution in [3.63, 3.8) is 0 Å². The second kappa shape index (κ2) is 4.19. The van der Waals surface area contributed by atoms with E-state index >= 15 is 0 Å². The number of esters is 1. The van der Waals surface area contributed by atoms with Gasteiger partial charge < -0.3 is 15.6 Å². The number of aromatic hydroxyl groups is 1. The van der Waals surface area contributed by atoms with E-state index in [2.05, 4.69) is 16.6 Å². The predicted octanol–water partition coefficient (Wildman–Crippen LogP) is 0.499. The number of phenols is 1. The number of methoxy groups -OCH3 is 1. The fourth-order valence-corrected chi connectivity index (χ4v) is 0.807. The number of rotatable bonds is 0. The summed E-state index contributed by atoms with van der Waals surface area (Å²) < 4.78 is 4.33. The van der Waals surface area contributed by atoms with E-state index < -0.39 is 5.97 Å². The van der Waals surface area contributed by atoms with Crippen LogP contribution in [0.5, 0.6) is 5.75 Å². The highest BCUT2D eigenvalue weighted by atomic mass is 16.5. The fourth-order valence-electron chi connectivity index (χ4n) is 0.807. The summed E-state index contributed by atoms with van der Waals surface area (Å²) in [6.45, 7) is 0. The number of ether oxygens (including phenoxy) is 1. The number of carbonyl (C=O) groups is 1. The molecule has 0 bridgehead atoms. The Hall–Kier alpha value is -2.15. The number of benzene rings is 1. The molecule has 0 aromatic heterocycles. The lowest BCUT2D eigenvalue weighted by atomic mass is 10.2. The van der Waals surface area contributed by atoms with Crippen LogP contribution in [0.4, 0.5) is 5.69 Å². The summed E-state index contributed by atoms with van der Waals surface area (Å²) in [7, 11) is 1.25. The quantitative estimate of drug-likeness (QED) is 0.271. The van der Waals surface area contributed by atoms with E-state index in [-0.39, 0.29) is 11.4 Å². The molecule has 0 heterocycles. The van der Waals surface area contributed by atoms with Gasteiger partial charge in [-0.2, -0.15) is 0 Å². The van der Waals surface area contributed by atoms with Crippen molar-refractivity contribution < 1.29 is 14.6 Å². The van der Waals surface area contributed by atoms with Gasteiger partial charge in [0.25, 0.3) is 0 Å². The number of anilines is 1. The van der Waals surface area contributed by atoms with Gasteiger partial charge in [0.2, 0.25) is 0 Å². The second-order valence-electron chi connectivity index (χ2n) is 2.52. The third kappa shape index (κ3) is 2.42. The van der Waals surface area contributed by atoms with E-state index in [4.69, 9.17) is 10.8 Å². The molecule has 3 N–H and O–H groups in total. The number of phenolic OH excluding ortho intramolecular Hbond substituents is 1. The lowest BCUT2D eigenvalue weighted by Gasteiger charge is -1.97. The standard InChI is InChI=1S/C10H9NO3/c1-14-10(13)5-3-7-2-4-9(12)8(11)6-7/h2,4,6,12H,11H2,1H3. The summed E-state index contributed by atoms with van der Waals surface area (Å²) in [6, 6.07) is 4.45. The highest BCUT2D eigenvalue weighted by molar-refractivity contribution is 5.89. The minimum absolute atomic E-state index is 0.00591. The van der Waals surface area contributed by atoms with Gasteiger partial charge in [0.15, 0.2) is 0 Å². The zero-order valence-corrected chi connectivity index (χ0v) is 7.57. The smallest absolute Gasteiger partial charge is 0.384 e. The first-order valence-corrected chi connectivity index (χ1v) is 3.82. The Kier molecular flexibility index (Phi) is 2.97. The van der Waals surface area contributed by atoms with Crippen molar-refractivity contribution in [2.45, 2.75) is 0 Å². The summed E-state index contributed by atoms with van der Waals surface area (Å²) in [4.78, 5) is 10.7. The Balaban J connectivity index is 2.91. The molecular formula is C10H9NO3. The van der Waals surface area contributed by atoms with Crippen molar-refractivity contribution in [3.8, 4) is 17.6 Å². The molecule has 0 spiro atoms. The van der Waals surface area contributed by atoms with Gasteiger partial charge in [-0.15, -0.1) is 0 Å². The Bertz CT molecular complexity index is 415. The summed E-state index contributed by atoms with van der Waals surface area (Å²) in [5, 5.41) is 9.10. The molecule has 0 amide bonds. The maximum absolute atomic E-state index is 10.7. The van der Waals surface area contributed by atoms with Crippen LogP contribution in [0.25, 0.3) is 0 Å². The van der Waals surface area contributed by atoms with Crippen molar-refractivity contribution in [1.29, 1.82) is 0 Å². The normalized spacial score (nSPS) is 8.64. The van der Waals surface area contributed by atoms with Crippen molar-refractivity contribution in [2.75, 3.05) is 12.8 Å². The van der Waals surface area contributed by atoms with Gasteiger partial charge in [-0.05, 0) is 18.2 Å². The maximum atomic E-state index is 10.7. The second-order valence-corrected chi connectivity index (χ2v) is 2.52.